The predicted molar refractivity (Wildman–Crippen MR) is 88.1 cm³/mol. The monoisotopic (exact) mass is 337 g/mol. The van der Waals surface area contributed by atoms with Crippen LogP contribution in [0.2, 0.25) is 0 Å². The minimum Gasteiger partial charge on any atom is -0.493 e. The lowest BCUT2D eigenvalue weighted by Crippen LogP contribution is -2.38. The molecule has 2 aliphatic rings. The first-order valence-corrected chi connectivity index (χ1v) is 10.0. The third-order valence-corrected chi connectivity index (χ3v) is 6.47. The molecular weight excluding hydrogens is 314 g/mol. The fourth-order valence-corrected chi connectivity index (χ4v) is 4.77. The number of hydrogen-bond acceptors (Lipinski definition) is 4. The van der Waals surface area contributed by atoms with Gasteiger partial charge in [-0.2, -0.15) is 0 Å². The van der Waals surface area contributed by atoms with Gasteiger partial charge in [0.05, 0.1) is 18.1 Å². The minimum atomic E-state index is -2.92. The van der Waals surface area contributed by atoms with Crippen molar-refractivity contribution in [3.8, 4) is 5.75 Å². The standard InChI is InChI=1S/C17H23NO4S/c19-17(14-6-9-23(20,21)10-7-14)18-12-13-5-8-22-16-4-2-1-3-15(16)11-13/h1-4,13-14H,5-12H2,(H,18,19)/t13-/m1/s1. The maximum atomic E-state index is 12.2. The predicted octanol–water partition coefficient (Wildman–Crippen LogP) is 1.57. The van der Waals surface area contributed by atoms with Gasteiger partial charge >= 0.3 is 0 Å². The molecule has 5 nitrogen and oxygen atoms in total. The van der Waals surface area contributed by atoms with Gasteiger partial charge in [0.2, 0.25) is 5.91 Å². The van der Waals surface area contributed by atoms with Crippen molar-refractivity contribution in [2.24, 2.45) is 11.8 Å². The molecule has 0 bridgehead atoms. The minimum absolute atomic E-state index is 0.00153. The zero-order valence-corrected chi connectivity index (χ0v) is 14.0. The van der Waals surface area contributed by atoms with Crippen molar-refractivity contribution in [1.29, 1.82) is 0 Å². The Morgan fingerprint density at radius 2 is 1.91 bits per heavy atom. The van der Waals surface area contributed by atoms with E-state index in [0.717, 1.165) is 18.6 Å². The van der Waals surface area contributed by atoms with Gasteiger partial charge < -0.3 is 10.1 Å². The van der Waals surface area contributed by atoms with Gasteiger partial charge in [-0.1, -0.05) is 18.2 Å². The van der Waals surface area contributed by atoms with Crippen LogP contribution in [-0.2, 0) is 21.1 Å². The molecule has 1 saturated heterocycles. The van der Waals surface area contributed by atoms with E-state index in [9.17, 15) is 13.2 Å². The summed E-state index contributed by atoms with van der Waals surface area (Å²) < 4.78 is 28.6. The molecule has 0 unspecified atom stereocenters. The zero-order chi connectivity index (χ0) is 16.3. The number of rotatable bonds is 3. The highest BCUT2D eigenvalue weighted by Crippen LogP contribution is 2.26. The van der Waals surface area contributed by atoms with E-state index in [0.29, 0.717) is 31.9 Å². The van der Waals surface area contributed by atoms with Crippen LogP contribution in [0.25, 0.3) is 0 Å². The average Bonchev–Trinajstić information content (AvgIpc) is 2.74. The summed E-state index contributed by atoms with van der Waals surface area (Å²) in [6, 6.07) is 8.03. The van der Waals surface area contributed by atoms with E-state index in [1.807, 2.05) is 18.2 Å². The highest BCUT2D eigenvalue weighted by Gasteiger charge is 2.28. The summed E-state index contributed by atoms with van der Waals surface area (Å²) in [7, 11) is -2.92. The van der Waals surface area contributed by atoms with Crippen LogP contribution in [0.1, 0.15) is 24.8 Å². The molecule has 1 fully saturated rings. The number of benzene rings is 1. The van der Waals surface area contributed by atoms with Crippen LogP contribution in [0.3, 0.4) is 0 Å². The molecule has 0 radical (unpaired) electrons. The zero-order valence-electron chi connectivity index (χ0n) is 13.2. The number of para-hydroxylation sites is 1. The second kappa shape index (κ2) is 6.91. The number of amides is 1. The lowest BCUT2D eigenvalue weighted by Gasteiger charge is -2.22. The van der Waals surface area contributed by atoms with Crippen molar-refractivity contribution in [2.45, 2.75) is 25.7 Å². The van der Waals surface area contributed by atoms with E-state index >= 15 is 0 Å². The Balaban J connectivity index is 1.51. The molecule has 1 aromatic rings. The van der Waals surface area contributed by atoms with E-state index in [1.54, 1.807) is 0 Å². The summed E-state index contributed by atoms with van der Waals surface area (Å²) in [5, 5.41) is 3.02. The fourth-order valence-electron chi connectivity index (χ4n) is 3.28. The van der Waals surface area contributed by atoms with Gasteiger partial charge in [0.1, 0.15) is 15.6 Å². The summed E-state index contributed by atoms with van der Waals surface area (Å²) in [5.41, 5.74) is 1.19. The third kappa shape index (κ3) is 4.25. The van der Waals surface area contributed by atoms with Gasteiger partial charge in [-0.05, 0) is 43.2 Å². The molecule has 2 heterocycles. The lowest BCUT2D eigenvalue weighted by atomic mass is 9.96. The SMILES string of the molecule is O=C(NC[C@@H]1CCOc2ccccc2C1)C1CCS(=O)(=O)CC1. The Morgan fingerprint density at radius 1 is 1.17 bits per heavy atom. The first-order valence-electron chi connectivity index (χ1n) is 8.22. The van der Waals surface area contributed by atoms with Gasteiger partial charge in [0.15, 0.2) is 0 Å². The summed E-state index contributed by atoms with van der Waals surface area (Å²) in [6.07, 6.45) is 2.71. The van der Waals surface area contributed by atoms with Crippen molar-refractivity contribution in [2.75, 3.05) is 24.7 Å². The molecule has 1 amide bonds. The number of ether oxygens (including phenoxy) is 1. The van der Waals surface area contributed by atoms with E-state index in [-0.39, 0.29) is 23.3 Å². The number of fused-ring (bicyclic) bond motifs is 1. The topological polar surface area (TPSA) is 72.5 Å². The molecule has 23 heavy (non-hydrogen) atoms. The lowest BCUT2D eigenvalue weighted by molar-refractivity contribution is -0.125. The highest BCUT2D eigenvalue weighted by atomic mass is 32.2. The average molecular weight is 337 g/mol. The van der Waals surface area contributed by atoms with Crippen LogP contribution >= 0.6 is 0 Å². The van der Waals surface area contributed by atoms with E-state index < -0.39 is 9.84 Å². The third-order valence-electron chi connectivity index (χ3n) is 4.76. The van der Waals surface area contributed by atoms with E-state index in [2.05, 4.69) is 11.4 Å². The van der Waals surface area contributed by atoms with Crippen LogP contribution in [-0.4, -0.2) is 39.0 Å². The smallest absolute Gasteiger partial charge is 0.223 e. The van der Waals surface area contributed by atoms with Crippen LogP contribution in [0.4, 0.5) is 0 Å². The highest BCUT2D eigenvalue weighted by molar-refractivity contribution is 7.91. The number of nitrogens with one attached hydrogen (secondary N) is 1. The Labute approximate surface area is 137 Å². The molecule has 0 aromatic heterocycles. The maximum Gasteiger partial charge on any atom is 0.223 e. The van der Waals surface area contributed by atoms with Gasteiger partial charge in [-0.3, -0.25) is 4.79 Å². The number of hydrogen-bond donors (Lipinski definition) is 1. The molecule has 126 valence electrons. The molecule has 3 rings (SSSR count). The molecule has 0 aliphatic carbocycles. The molecule has 1 N–H and O–H groups in total. The number of carbonyl (C=O) groups excluding carboxylic acids is 1. The van der Waals surface area contributed by atoms with Gasteiger partial charge in [0, 0.05) is 12.5 Å². The quantitative estimate of drug-likeness (QED) is 0.909. The second-order valence-corrected chi connectivity index (χ2v) is 8.79. The molecule has 2 aliphatic heterocycles. The van der Waals surface area contributed by atoms with Crippen molar-refractivity contribution in [1.82, 2.24) is 5.32 Å². The van der Waals surface area contributed by atoms with Crippen LogP contribution in [0.5, 0.6) is 5.75 Å². The van der Waals surface area contributed by atoms with Crippen molar-refractivity contribution in [3.63, 3.8) is 0 Å². The Hall–Kier alpha value is -1.56. The van der Waals surface area contributed by atoms with Crippen molar-refractivity contribution < 1.29 is 17.9 Å². The van der Waals surface area contributed by atoms with Gasteiger partial charge in [0.25, 0.3) is 0 Å². The van der Waals surface area contributed by atoms with E-state index in [4.69, 9.17) is 4.74 Å². The molecule has 6 heteroatoms. The van der Waals surface area contributed by atoms with Crippen LogP contribution in [0.15, 0.2) is 24.3 Å². The molecule has 1 atom stereocenters. The fraction of sp³-hybridized carbons (Fsp3) is 0.588. The second-order valence-electron chi connectivity index (χ2n) is 6.49. The summed E-state index contributed by atoms with van der Waals surface area (Å²) in [5.74, 6) is 1.41. The number of carbonyl (C=O) groups is 1. The van der Waals surface area contributed by atoms with Crippen LogP contribution < -0.4 is 10.1 Å². The first kappa shape index (κ1) is 16.3. The van der Waals surface area contributed by atoms with Gasteiger partial charge in [-0.15, -0.1) is 0 Å². The Morgan fingerprint density at radius 3 is 2.70 bits per heavy atom. The maximum absolute atomic E-state index is 12.2. The largest absolute Gasteiger partial charge is 0.493 e. The molecule has 0 spiro atoms. The summed E-state index contributed by atoms with van der Waals surface area (Å²) >= 11 is 0. The van der Waals surface area contributed by atoms with Crippen molar-refractivity contribution in [3.05, 3.63) is 29.8 Å². The summed E-state index contributed by atoms with van der Waals surface area (Å²) in [4.78, 5) is 12.2. The Kier molecular flexibility index (Phi) is 4.90. The van der Waals surface area contributed by atoms with Crippen LogP contribution in [0, 0.1) is 11.8 Å². The molecular formula is C17H23NO4S. The Bertz CT molecular complexity index is 657. The van der Waals surface area contributed by atoms with Crippen molar-refractivity contribution >= 4 is 15.7 Å². The normalized spacial score (nSPS) is 24.1. The van der Waals surface area contributed by atoms with Gasteiger partial charge in [-0.25, -0.2) is 8.42 Å². The molecule has 1 aromatic carbocycles. The number of sulfone groups is 1. The molecule has 0 saturated carbocycles. The van der Waals surface area contributed by atoms with E-state index in [1.165, 1.54) is 5.56 Å². The first-order chi connectivity index (χ1) is 11.0. The summed E-state index contributed by atoms with van der Waals surface area (Å²) in [6.45, 7) is 1.29.